The van der Waals surface area contributed by atoms with E-state index in [2.05, 4.69) is 10.2 Å². The SMILES string of the molecule is Cc1ccc(S(=O)(=O)N(CC(=O)NCCCN2CCOCC2)Cc2cccc(Cl)c2)cc1. The Balaban J connectivity index is 1.64. The van der Waals surface area contributed by atoms with Crippen LogP contribution in [-0.2, 0) is 26.1 Å². The van der Waals surface area contributed by atoms with E-state index in [1.165, 1.54) is 4.31 Å². The Morgan fingerprint density at radius 2 is 1.88 bits per heavy atom. The number of carbonyl (C=O) groups is 1. The molecule has 0 aliphatic carbocycles. The maximum absolute atomic E-state index is 13.3. The molecule has 32 heavy (non-hydrogen) atoms. The number of hydrogen-bond donors (Lipinski definition) is 1. The number of rotatable bonds is 10. The minimum absolute atomic E-state index is 0.0535. The van der Waals surface area contributed by atoms with E-state index in [9.17, 15) is 13.2 Å². The van der Waals surface area contributed by atoms with Gasteiger partial charge in [0.1, 0.15) is 0 Å². The number of amides is 1. The van der Waals surface area contributed by atoms with Crippen LogP contribution in [0.4, 0.5) is 0 Å². The number of hydrogen-bond acceptors (Lipinski definition) is 5. The van der Waals surface area contributed by atoms with Crippen molar-refractivity contribution in [2.45, 2.75) is 24.8 Å². The van der Waals surface area contributed by atoms with Crippen molar-refractivity contribution in [3.05, 3.63) is 64.7 Å². The Labute approximate surface area is 195 Å². The van der Waals surface area contributed by atoms with Gasteiger partial charge in [-0.05, 0) is 49.7 Å². The summed E-state index contributed by atoms with van der Waals surface area (Å²) >= 11 is 6.07. The van der Waals surface area contributed by atoms with E-state index in [1.807, 2.05) is 6.92 Å². The fourth-order valence-corrected chi connectivity index (χ4v) is 5.09. The van der Waals surface area contributed by atoms with Gasteiger partial charge in [0.25, 0.3) is 0 Å². The minimum Gasteiger partial charge on any atom is -0.379 e. The van der Waals surface area contributed by atoms with E-state index in [0.717, 1.165) is 44.8 Å². The first kappa shape index (κ1) is 24.7. The van der Waals surface area contributed by atoms with Gasteiger partial charge in [-0.15, -0.1) is 0 Å². The van der Waals surface area contributed by atoms with Crippen LogP contribution >= 0.6 is 11.6 Å². The number of halogens is 1. The fraction of sp³-hybridized carbons (Fsp3) is 0.435. The molecule has 174 valence electrons. The molecule has 7 nitrogen and oxygen atoms in total. The molecule has 0 saturated carbocycles. The molecule has 1 aliphatic heterocycles. The van der Waals surface area contributed by atoms with Gasteiger partial charge >= 0.3 is 0 Å². The Morgan fingerprint density at radius 3 is 2.56 bits per heavy atom. The molecule has 0 atom stereocenters. The van der Waals surface area contributed by atoms with Crippen LogP contribution in [0.3, 0.4) is 0 Å². The molecular weight excluding hydrogens is 450 g/mol. The summed E-state index contributed by atoms with van der Waals surface area (Å²) in [5, 5.41) is 3.37. The topological polar surface area (TPSA) is 79.0 Å². The molecule has 0 spiro atoms. The number of nitrogens with one attached hydrogen (secondary N) is 1. The number of benzene rings is 2. The van der Waals surface area contributed by atoms with Crippen LogP contribution in [0.2, 0.25) is 5.02 Å². The molecule has 2 aromatic rings. The Morgan fingerprint density at radius 1 is 1.16 bits per heavy atom. The summed E-state index contributed by atoms with van der Waals surface area (Å²) in [6.45, 7) is 6.32. The van der Waals surface area contributed by atoms with Gasteiger partial charge in [0, 0.05) is 31.2 Å². The van der Waals surface area contributed by atoms with Gasteiger partial charge in [0.2, 0.25) is 15.9 Å². The summed E-state index contributed by atoms with van der Waals surface area (Å²) in [6.07, 6.45) is 0.796. The highest BCUT2D eigenvalue weighted by Crippen LogP contribution is 2.20. The summed E-state index contributed by atoms with van der Waals surface area (Å²) in [5.41, 5.74) is 1.68. The zero-order chi connectivity index (χ0) is 23.0. The van der Waals surface area contributed by atoms with Gasteiger partial charge in [-0.2, -0.15) is 4.31 Å². The van der Waals surface area contributed by atoms with Crippen molar-refractivity contribution < 1.29 is 17.9 Å². The predicted molar refractivity (Wildman–Crippen MR) is 125 cm³/mol. The maximum atomic E-state index is 13.3. The van der Waals surface area contributed by atoms with Gasteiger partial charge in [0.05, 0.1) is 24.7 Å². The van der Waals surface area contributed by atoms with Gasteiger partial charge in [-0.25, -0.2) is 8.42 Å². The van der Waals surface area contributed by atoms with Crippen LogP contribution in [-0.4, -0.2) is 69.5 Å². The molecule has 1 aliphatic rings. The van der Waals surface area contributed by atoms with E-state index < -0.39 is 10.0 Å². The summed E-state index contributed by atoms with van der Waals surface area (Å²) in [5.74, 6) is -0.329. The third kappa shape index (κ3) is 7.28. The van der Waals surface area contributed by atoms with Crippen molar-refractivity contribution in [2.24, 2.45) is 0 Å². The highest BCUT2D eigenvalue weighted by Gasteiger charge is 2.27. The molecule has 1 heterocycles. The average molecular weight is 480 g/mol. The van der Waals surface area contributed by atoms with Crippen molar-refractivity contribution in [1.82, 2.24) is 14.5 Å². The molecule has 0 radical (unpaired) electrons. The number of carbonyl (C=O) groups excluding carboxylic acids is 1. The van der Waals surface area contributed by atoms with Gasteiger partial charge in [-0.1, -0.05) is 41.4 Å². The molecule has 0 unspecified atom stereocenters. The molecule has 0 aromatic heterocycles. The van der Waals surface area contributed by atoms with Crippen molar-refractivity contribution in [3.8, 4) is 0 Å². The molecule has 2 aromatic carbocycles. The van der Waals surface area contributed by atoms with Crippen molar-refractivity contribution >= 4 is 27.5 Å². The largest absolute Gasteiger partial charge is 0.379 e. The predicted octanol–water partition coefficient (Wildman–Crippen LogP) is 2.68. The lowest BCUT2D eigenvalue weighted by Gasteiger charge is -2.26. The third-order valence-electron chi connectivity index (χ3n) is 5.30. The monoisotopic (exact) mass is 479 g/mol. The normalized spacial score (nSPS) is 15.1. The summed E-state index contributed by atoms with van der Waals surface area (Å²) in [6, 6.07) is 13.6. The Kier molecular flexibility index (Phi) is 9.07. The van der Waals surface area contributed by atoms with E-state index in [4.69, 9.17) is 16.3 Å². The van der Waals surface area contributed by atoms with E-state index in [1.54, 1.807) is 48.5 Å². The first-order valence-electron chi connectivity index (χ1n) is 10.7. The average Bonchev–Trinajstić information content (AvgIpc) is 2.77. The van der Waals surface area contributed by atoms with Crippen molar-refractivity contribution in [2.75, 3.05) is 45.9 Å². The van der Waals surface area contributed by atoms with Crippen LogP contribution in [0.15, 0.2) is 53.4 Å². The molecule has 1 fully saturated rings. The Bertz CT molecular complexity index is 993. The Hall–Kier alpha value is -1.97. The first-order chi connectivity index (χ1) is 15.3. The summed E-state index contributed by atoms with van der Waals surface area (Å²) < 4.78 is 33.1. The second-order valence-electron chi connectivity index (χ2n) is 7.87. The minimum atomic E-state index is -3.86. The summed E-state index contributed by atoms with van der Waals surface area (Å²) in [4.78, 5) is 15.1. The van der Waals surface area contributed by atoms with Gasteiger partial charge in [0.15, 0.2) is 0 Å². The molecule has 3 rings (SSSR count). The highest BCUT2D eigenvalue weighted by molar-refractivity contribution is 7.89. The summed E-state index contributed by atoms with van der Waals surface area (Å²) in [7, 11) is -3.86. The van der Waals surface area contributed by atoms with Crippen molar-refractivity contribution in [3.63, 3.8) is 0 Å². The molecule has 1 N–H and O–H groups in total. The smallest absolute Gasteiger partial charge is 0.243 e. The third-order valence-corrected chi connectivity index (χ3v) is 7.34. The fourth-order valence-electron chi connectivity index (χ4n) is 3.50. The number of ether oxygens (including phenoxy) is 1. The lowest BCUT2D eigenvalue weighted by Crippen LogP contribution is -2.41. The molecule has 9 heteroatoms. The number of nitrogens with zero attached hydrogens (tertiary/aromatic N) is 2. The molecule has 1 amide bonds. The van der Waals surface area contributed by atoms with E-state index in [-0.39, 0.29) is 23.9 Å². The zero-order valence-electron chi connectivity index (χ0n) is 18.3. The maximum Gasteiger partial charge on any atom is 0.243 e. The van der Waals surface area contributed by atoms with E-state index >= 15 is 0 Å². The molecule has 0 bridgehead atoms. The number of morpholine rings is 1. The van der Waals surface area contributed by atoms with E-state index in [0.29, 0.717) is 17.1 Å². The number of sulfonamides is 1. The van der Waals surface area contributed by atoms with Crippen LogP contribution in [0.1, 0.15) is 17.5 Å². The molecule has 1 saturated heterocycles. The highest BCUT2D eigenvalue weighted by atomic mass is 35.5. The zero-order valence-corrected chi connectivity index (χ0v) is 19.9. The van der Waals surface area contributed by atoms with Crippen LogP contribution in [0, 0.1) is 6.92 Å². The second-order valence-corrected chi connectivity index (χ2v) is 10.2. The quantitative estimate of drug-likeness (QED) is 0.530. The standard InChI is InChI=1S/C23H30ClN3O4S/c1-19-6-8-22(9-7-19)32(29,30)27(17-20-4-2-5-21(24)16-20)18-23(28)25-10-3-11-26-12-14-31-15-13-26/h2,4-9,16H,3,10-15,17-18H2,1H3,(H,25,28). The number of aryl methyl sites for hydroxylation is 1. The second kappa shape index (κ2) is 11.8. The van der Waals surface area contributed by atoms with Crippen LogP contribution in [0.25, 0.3) is 0 Å². The lowest BCUT2D eigenvalue weighted by molar-refractivity contribution is -0.121. The van der Waals surface area contributed by atoms with Crippen molar-refractivity contribution in [1.29, 1.82) is 0 Å². The van der Waals surface area contributed by atoms with Gasteiger partial charge < -0.3 is 10.1 Å². The van der Waals surface area contributed by atoms with Crippen LogP contribution < -0.4 is 5.32 Å². The molecular formula is C23H30ClN3O4S. The van der Waals surface area contributed by atoms with Gasteiger partial charge in [-0.3, -0.25) is 9.69 Å². The van der Waals surface area contributed by atoms with Crippen LogP contribution in [0.5, 0.6) is 0 Å². The lowest BCUT2D eigenvalue weighted by atomic mass is 10.2. The first-order valence-corrected chi connectivity index (χ1v) is 12.5.